The van der Waals surface area contributed by atoms with E-state index in [4.69, 9.17) is 4.74 Å². The van der Waals surface area contributed by atoms with Crippen LogP contribution < -0.4 is 10.6 Å². The van der Waals surface area contributed by atoms with Crippen molar-refractivity contribution in [2.45, 2.75) is 56.9 Å². The van der Waals surface area contributed by atoms with Crippen molar-refractivity contribution in [2.24, 2.45) is 5.92 Å². The van der Waals surface area contributed by atoms with E-state index in [0.29, 0.717) is 24.2 Å². The number of hydrogen-bond acceptors (Lipinski definition) is 4. The molecule has 2 saturated heterocycles. The van der Waals surface area contributed by atoms with Crippen LogP contribution >= 0.6 is 11.8 Å². The first-order valence-electron chi connectivity index (χ1n) is 7.40. The molecule has 0 unspecified atom stereocenters. The monoisotopic (exact) mass is 300 g/mol. The van der Waals surface area contributed by atoms with Gasteiger partial charge in [-0.1, -0.05) is 20.3 Å². The first-order valence-corrected chi connectivity index (χ1v) is 8.45. The number of carbonyl (C=O) groups is 2. The molecule has 2 aliphatic rings. The van der Waals surface area contributed by atoms with Crippen molar-refractivity contribution in [1.82, 2.24) is 10.6 Å². The average Bonchev–Trinajstić information content (AvgIpc) is 2.92. The van der Waals surface area contributed by atoms with Crippen molar-refractivity contribution in [3.63, 3.8) is 0 Å². The minimum atomic E-state index is -0.0912. The van der Waals surface area contributed by atoms with Gasteiger partial charge in [-0.15, -0.1) is 0 Å². The van der Waals surface area contributed by atoms with Gasteiger partial charge in [-0.25, -0.2) is 4.79 Å². The van der Waals surface area contributed by atoms with Crippen molar-refractivity contribution < 1.29 is 14.3 Å². The molecule has 2 heterocycles. The van der Waals surface area contributed by atoms with Crippen molar-refractivity contribution in [3.8, 4) is 0 Å². The Hall–Kier alpha value is -0.910. The summed E-state index contributed by atoms with van der Waals surface area (Å²) in [6, 6.07) is 0.511. The molecule has 5 nitrogen and oxygen atoms in total. The summed E-state index contributed by atoms with van der Waals surface area (Å²) in [6.07, 6.45) is 3.42. The predicted molar refractivity (Wildman–Crippen MR) is 79.8 cm³/mol. The van der Waals surface area contributed by atoms with Crippen molar-refractivity contribution in [1.29, 1.82) is 0 Å². The lowest BCUT2D eigenvalue weighted by Gasteiger charge is -2.16. The summed E-state index contributed by atoms with van der Waals surface area (Å²) in [4.78, 5) is 22.7. The van der Waals surface area contributed by atoms with E-state index in [1.165, 1.54) is 0 Å². The molecule has 20 heavy (non-hydrogen) atoms. The Labute approximate surface area is 124 Å². The van der Waals surface area contributed by atoms with E-state index in [9.17, 15) is 9.59 Å². The number of carbonyl (C=O) groups excluding carboxylic acids is 2. The van der Waals surface area contributed by atoms with Crippen LogP contribution in [0, 0.1) is 5.92 Å². The highest BCUT2D eigenvalue weighted by molar-refractivity contribution is 8.00. The fourth-order valence-corrected chi connectivity index (χ4v) is 4.13. The van der Waals surface area contributed by atoms with Crippen LogP contribution in [0.1, 0.15) is 39.5 Å². The van der Waals surface area contributed by atoms with Gasteiger partial charge in [-0.2, -0.15) is 11.8 Å². The largest absolute Gasteiger partial charge is 0.465 e. The highest BCUT2D eigenvalue weighted by Gasteiger charge is 2.42. The second kappa shape index (κ2) is 7.20. The SMILES string of the molecule is CC(C)COC(=O)CCCC[C@@H]1SC[C@@H]2NC(=O)N[C@@H]21. The molecule has 3 atom stereocenters. The van der Waals surface area contributed by atoms with Gasteiger partial charge in [0.25, 0.3) is 0 Å². The molecule has 0 bridgehead atoms. The molecule has 2 amide bonds. The predicted octanol–water partition coefficient (Wildman–Crippen LogP) is 1.91. The van der Waals surface area contributed by atoms with Crippen molar-refractivity contribution in [3.05, 3.63) is 0 Å². The molecule has 0 radical (unpaired) electrons. The fourth-order valence-electron chi connectivity index (χ4n) is 2.59. The van der Waals surface area contributed by atoms with E-state index in [2.05, 4.69) is 10.6 Å². The number of unbranched alkanes of at least 4 members (excludes halogenated alkanes) is 1. The Morgan fingerprint density at radius 1 is 1.40 bits per heavy atom. The van der Waals surface area contributed by atoms with Gasteiger partial charge >= 0.3 is 12.0 Å². The number of hydrogen-bond donors (Lipinski definition) is 2. The lowest BCUT2D eigenvalue weighted by molar-refractivity contribution is -0.144. The normalized spacial score (nSPS) is 28.1. The van der Waals surface area contributed by atoms with Gasteiger partial charge < -0.3 is 15.4 Å². The minimum Gasteiger partial charge on any atom is -0.465 e. The molecule has 2 fully saturated rings. The first kappa shape index (κ1) is 15.5. The summed E-state index contributed by atoms with van der Waals surface area (Å²) in [6.45, 7) is 4.58. The highest BCUT2D eigenvalue weighted by atomic mass is 32.2. The van der Waals surface area contributed by atoms with Crippen molar-refractivity contribution >= 4 is 23.8 Å². The number of thioether (sulfide) groups is 1. The Balaban J connectivity index is 1.57. The molecule has 2 aliphatic heterocycles. The van der Waals surface area contributed by atoms with E-state index in [0.717, 1.165) is 25.0 Å². The maximum Gasteiger partial charge on any atom is 0.315 e. The van der Waals surface area contributed by atoms with Crippen LogP contribution in [0.3, 0.4) is 0 Å². The van der Waals surface area contributed by atoms with Gasteiger partial charge in [0, 0.05) is 17.4 Å². The third-order valence-corrected chi connectivity index (χ3v) is 5.14. The van der Waals surface area contributed by atoms with Gasteiger partial charge in [-0.05, 0) is 18.8 Å². The Morgan fingerprint density at radius 3 is 2.95 bits per heavy atom. The molecular formula is C14H24N2O3S. The zero-order chi connectivity index (χ0) is 14.5. The molecule has 114 valence electrons. The van der Waals surface area contributed by atoms with Crippen LogP contribution in [0.5, 0.6) is 0 Å². The summed E-state index contributed by atoms with van der Waals surface area (Å²) in [5, 5.41) is 6.40. The van der Waals surface area contributed by atoms with E-state index >= 15 is 0 Å². The van der Waals surface area contributed by atoms with Crippen LogP contribution in [-0.2, 0) is 9.53 Å². The molecule has 0 aromatic heterocycles. The molecule has 0 aromatic carbocycles. The molecule has 0 aromatic rings. The van der Waals surface area contributed by atoms with Gasteiger partial charge in [0.2, 0.25) is 0 Å². The highest BCUT2D eigenvalue weighted by Crippen LogP contribution is 2.33. The molecule has 6 heteroatoms. The maximum absolute atomic E-state index is 11.5. The third-order valence-electron chi connectivity index (χ3n) is 3.64. The van der Waals surface area contributed by atoms with E-state index in [1.54, 1.807) is 0 Å². The van der Waals surface area contributed by atoms with Crippen LogP contribution in [0.15, 0.2) is 0 Å². The zero-order valence-corrected chi connectivity index (χ0v) is 13.0. The second-order valence-electron chi connectivity index (χ2n) is 5.94. The van der Waals surface area contributed by atoms with Crippen LogP contribution in [0.25, 0.3) is 0 Å². The number of nitrogens with one attached hydrogen (secondary N) is 2. The summed E-state index contributed by atoms with van der Waals surface area (Å²) < 4.78 is 5.15. The molecule has 0 aliphatic carbocycles. The summed E-state index contributed by atoms with van der Waals surface area (Å²) in [5.41, 5.74) is 0. The summed E-state index contributed by atoms with van der Waals surface area (Å²) in [7, 11) is 0. The Kier molecular flexibility index (Phi) is 5.57. The number of esters is 1. The van der Waals surface area contributed by atoms with Crippen LogP contribution in [0.2, 0.25) is 0 Å². The topological polar surface area (TPSA) is 67.4 Å². The van der Waals surface area contributed by atoms with Gasteiger partial charge in [0.05, 0.1) is 18.7 Å². The minimum absolute atomic E-state index is 0.0393. The van der Waals surface area contributed by atoms with Crippen molar-refractivity contribution in [2.75, 3.05) is 12.4 Å². The smallest absolute Gasteiger partial charge is 0.315 e. The lowest BCUT2D eigenvalue weighted by atomic mass is 10.0. The average molecular weight is 300 g/mol. The number of rotatable bonds is 7. The zero-order valence-electron chi connectivity index (χ0n) is 12.2. The molecule has 0 spiro atoms. The quantitative estimate of drug-likeness (QED) is 0.428. The van der Waals surface area contributed by atoms with E-state index in [-0.39, 0.29) is 24.1 Å². The number of fused-ring (bicyclic) bond motifs is 1. The summed E-state index contributed by atoms with van der Waals surface area (Å²) in [5.74, 6) is 1.29. The lowest BCUT2D eigenvalue weighted by Crippen LogP contribution is -2.36. The fraction of sp³-hybridized carbons (Fsp3) is 0.857. The van der Waals surface area contributed by atoms with E-state index < -0.39 is 0 Å². The number of urea groups is 1. The maximum atomic E-state index is 11.5. The van der Waals surface area contributed by atoms with E-state index in [1.807, 2.05) is 25.6 Å². The first-order chi connectivity index (χ1) is 9.56. The molecule has 2 rings (SSSR count). The molecule has 0 saturated carbocycles. The van der Waals surface area contributed by atoms with Gasteiger partial charge in [0.1, 0.15) is 0 Å². The number of amides is 2. The Morgan fingerprint density at radius 2 is 2.20 bits per heavy atom. The summed E-state index contributed by atoms with van der Waals surface area (Å²) >= 11 is 1.92. The van der Waals surface area contributed by atoms with Crippen LogP contribution in [0.4, 0.5) is 4.79 Å². The molecule has 2 N–H and O–H groups in total. The van der Waals surface area contributed by atoms with Gasteiger partial charge in [-0.3, -0.25) is 4.79 Å². The molecular weight excluding hydrogens is 276 g/mol. The second-order valence-corrected chi connectivity index (χ2v) is 7.22. The standard InChI is InChI=1S/C14H24N2O3S/c1-9(2)7-19-12(17)6-4-3-5-11-13-10(8-20-11)15-14(18)16-13/h9-11,13H,3-8H2,1-2H3,(H2,15,16,18)/t10-,11-,13-/m0/s1. The van der Waals surface area contributed by atoms with Gasteiger partial charge in [0.15, 0.2) is 0 Å². The number of ether oxygens (including phenoxy) is 1. The third kappa shape index (κ3) is 4.30. The Bertz CT molecular complexity index is 362. The van der Waals surface area contributed by atoms with Crippen LogP contribution in [-0.4, -0.2) is 41.7 Å².